The molecule has 0 saturated carbocycles. The first-order valence-electron chi connectivity index (χ1n) is 9.27. The summed E-state index contributed by atoms with van der Waals surface area (Å²) < 4.78 is 288. The Labute approximate surface area is 210 Å². The average Bonchev–Trinajstić information content (AvgIpc) is 2.77. The van der Waals surface area contributed by atoms with Crippen molar-refractivity contribution < 1.29 is 102 Å². The Morgan fingerprint density at radius 2 is 0.780 bits per heavy atom. The molecule has 1 aromatic rings. The van der Waals surface area contributed by atoms with E-state index in [1.165, 1.54) is 0 Å². The van der Waals surface area contributed by atoms with Gasteiger partial charge in [0.2, 0.25) is 0 Å². The van der Waals surface area contributed by atoms with Crippen molar-refractivity contribution >= 4 is 5.69 Å². The minimum Gasteiger partial charge on any atom is -0.493 e. The summed E-state index contributed by atoms with van der Waals surface area (Å²) in [6, 6.07) is 1.19. The molecule has 0 spiro atoms. The predicted octanol–water partition coefficient (Wildman–Crippen LogP) is 7.89. The Morgan fingerprint density at radius 1 is 0.463 bits per heavy atom. The Morgan fingerprint density at radius 3 is 1.10 bits per heavy atom. The standard InChI is InChI=1S/C17H8F21NO2/c1-40-6-3-2-5(39)4-7(6)41-17(37,38)15(32,33)13(28,29)11(24,25)9(20,21)8(18,19)10(22,23)12(26,27)14(30,31)16(34,35)36/h2-4H,39H2,1H3. The maximum atomic E-state index is 14.0. The lowest BCUT2D eigenvalue weighted by Crippen LogP contribution is -2.77. The van der Waals surface area contributed by atoms with Gasteiger partial charge in [-0.25, -0.2) is 0 Å². The first-order valence-corrected chi connectivity index (χ1v) is 9.27. The van der Waals surface area contributed by atoms with E-state index in [1.54, 1.807) is 0 Å². The maximum Gasteiger partial charge on any atom is 0.471 e. The van der Waals surface area contributed by atoms with Crippen LogP contribution in [0.5, 0.6) is 11.5 Å². The minimum atomic E-state index is -9.24. The quantitative estimate of drug-likeness (QED) is 0.195. The number of nitrogen functional groups attached to an aromatic ring is 1. The Balaban J connectivity index is 3.78. The maximum absolute atomic E-state index is 14.0. The molecule has 0 aliphatic rings. The van der Waals surface area contributed by atoms with Gasteiger partial charge in [0.15, 0.2) is 11.5 Å². The number of methoxy groups -OCH3 is 1. The Hall–Kier alpha value is -2.85. The van der Waals surface area contributed by atoms with Gasteiger partial charge in [0.05, 0.1) is 7.11 Å². The molecule has 240 valence electrons. The molecular weight excluding hydrogens is 649 g/mol. The van der Waals surface area contributed by atoms with Crippen LogP contribution in [0.1, 0.15) is 0 Å². The van der Waals surface area contributed by atoms with Crippen LogP contribution in [0.25, 0.3) is 0 Å². The van der Waals surface area contributed by atoms with Gasteiger partial charge in [0.1, 0.15) is 0 Å². The highest BCUT2D eigenvalue weighted by molar-refractivity contribution is 5.52. The van der Waals surface area contributed by atoms with E-state index in [2.05, 4.69) is 9.47 Å². The second-order valence-electron chi connectivity index (χ2n) is 7.62. The summed E-state index contributed by atoms with van der Waals surface area (Å²) in [6.07, 6.45) is -15.3. The largest absolute Gasteiger partial charge is 0.493 e. The lowest BCUT2D eigenvalue weighted by Gasteiger charge is -2.44. The highest BCUT2D eigenvalue weighted by atomic mass is 19.4. The summed E-state index contributed by atoms with van der Waals surface area (Å²) in [5.74, 6) is -74.1. The van der Waals surface area contributed by atoms with Crippen molar-refractivity contribution in [3.8, 4) is 11.5 Å². The molecule has 0 aliphatic heterocycles. The smallest absolute Gasteiger partial charge is 0.471 e. The summed E-state index contributed by atoms with van der Waals surface area (Å²) >= 11 is 0. The van der Waals surface area contributed by atoms with Crippen LogP contribution in [0, 0.1) is 0 Å². The van der Waals surface area contributed by atoms with Crippen molar-refractivity contribution in [2.75, 3.05) is 12.8 Å². The average molecular weight is 657 g/mol. The SMILES string of the molecule is COc1ccc(N)cc1OC(F)(F)C(F)(F)C(F)(F)C(F)(F)C(F)(F)C(F)(F)C(F)(F)C(F)(F)C(F)(F)C(F)(F)F. The fraction of sp³-hybridized carbons (Fsp3) is 0.647. The van der Waals surface area contributed by atoms with Crippen LogP contribution in [0.2, 0.25) is 0 Å². The van der Waals surface area contributed by atoms with Crippen molar-refractivity contribution in [2.24, 2.45) is 0 Å². The normalized spacial score (nSPS) is 15.7. The molecule has 0 saturated heterocycles. The summed E-state index contributed by atoms with van der Waals surface area (Å²) in [6.45, 7) is 0. The van der Waals surface area contributed by atoms with Gasteiger partial charge in [-0.15, -0.1) is 0 Å². The number of rotatable bonds is 11. The molecule has 0 radical (unpaired) electrons. The number of alkyl halides is 21. The van der Waals surface area contributed by atoms with Gasteiger partial charge in [-0.1, -0.05) is 0 Å². The fourth-order valence-electron chi connectivity index (χ4n) is 2.52. The number of ether oxygens (including phenoxy) is 2. The van der Waals surface area contributed by atoms with Crippen molar-refractivity contribution in [1.29, 1.82) is 0 Å². The molecule has 0 atom stereocenters. The third-order valence-electron chi connectivity index (χ3n) is 4.91. The molecule has 1 rings (SSSR count). The molecule has 24 heteroatoms. The molecule has 0 fully saturated rings. The molecule has 0 heterocycles. The van der Waals surface area contributed by atoms with E-state index in [-0.39, 0.29) is 6.07 Å². The molecule has 0 aromatic heterocycles. The first kappa shape index (κ1) is 36.2. The van der Waals surface area contributed by atoms with Crippen LogP contribution in [-0.4, -0.2) is 66.8 Å². The van der Waals surface area contributed by atoms with Crippen molar-refractivity contribution in [3.63, 3.8) is 0 Å². The highest BCUT2D eigenvalue weighted by Gasteiger charge is 2.98. The van der Waals surface area contributed by atoms with E-state index in [0.29, 0.717) is 19.2 Å². The van der Waals surface area contributed by atoms with Gasteiger partial charge in [0.25, 0.3) is 0 Å². The lowest BCUT2D eigenvalue weighted by atomic mass is 9.87. The first-order chi connectivity index (χ1) is 17.7. The van der Waals surface area contributed by atoms with E-state index in [0.717, 1.165) is 0 Å². The molecular formula is C17H8F21NO2. The number of hydrogen-bond donors (Lipinski definition) is 1. The van der Waals surface area contributed by atoms with E-state index in [9.17, 15) is 92.2 Å². The predicted molar refractivity (Wildman–Crippen MR) is 88.6 cm³/mol. The van der Waals surface area contributed by atoms with Crippen molar-refractivity contribution in [2.45, 2.75) is 59.7 Å². The van der Waals surface area contributed by atoms with Crippen molar-refractivity contribution in [1.82, 2.24) is 0 Å². The van der Waals surface area contributed by atoms with Gasteiger partial charge in [-0.3, -0.25) is 0 Å². The second-order valence-corrected chi connectivity index (χ2v) is 7.62. The van der Waals surface area contributed by atoms with Crippen LogP contribution in [0.15, 0.2) is 18.2 Å². The molecule has 0 unspecified atom stereocenters. The van der Waals surface area contributed by atoms with E-state index in [1.807, 2.05) is 0 Å². The zero-order chi connectivity index (χ0) is 33.3. The molecule has 0 bridgehead atoms. The van der Waals surface area contributed by atoms with Crippen LogP contribution >= 0.6 is 0 Å². The Kier molecular flexibility index (Phi) is 8.46. The van der Waals surface area contributed by atoms with Crippen LogP contribution < -0.4 is 15.2 Å². The summed E-state index contributed by atoms with van der Waals surface area (Å²) in [5, 5.41) is 0. The molecule has 0 amide bonds. The second kappa shape index (κ2) is 9.59. The number of halogens is 21. The van der Waals surface area contributed by atoms with Crippen LogP contribution in [-0.2, 0) is 0 Å². The molecule has 1 aromatic carbocycles. The monoisotopic (exact) mass is 657 g/mol. The van der Waals surface area contributed by atoms with Crippen molar-refractivity contribution in [3.05, 3.63) is 18.2 Å². The third kappa shape index (κ3) is 4.76. The molecule has 41 heavy (non-hydrogen) atoms. The zero-order valence-electron chi connectivity index (χ0n) is 18.6. The van der Waals surface area contributed by atoms with E-state index >= 15 is 0 Å². The fourth-order valence-corrected chi connectivity index (χ4v) is 2.52. The number of nitrogens with two attached hydrogens (primary N) is 1. The zero-order valence-corrected chi connectivity index (χ0v) is 18.6. The summed E-state index contributed by atoms with van der Waals surface area (Å²) in [7, 11) is 0.540. The van der Waals surface area contributed by atoms with Gasteiger partial charge in [-0.05, 0) is 12.1 Å². The number of hydrogen-bond acceptors (Lipinski definition) is 3. The highest BCUT2D eigenvalue weighted by Crippen LogP contribution is 2.66. The third-order valence-corrected chi connectivity index (χ3v) is 4.91. The number of anilines is 1. The lowest BCUT2D eigenvalue weighted by molar-refractivity contribution is -0.480. The minimum absolute atomic E-state index is 0.0192. The Bertz CT molecular complexity index is 1110. The van der Waals surface area contributed by atoms with Gasteiger partial charge in [-0.2, -0.15) is 92.2 Å². The van der Waals surface area contributed by atoms with E-state index < -0.39 is 76.9 Å². The van der Waals surface area contributed by atoms with Gasteiger partial charge < -0.3 is 15.2 Å². The van der Waals surface area contributed by atoms with Crippen LogP contribution in [0.3, 0.4) is 0 Å². The van der Waals surface area contributed by atoms with E-state index in [4.69, 9.17) is 5.73 Å². The summed E-state index contributed by atoms with van der Waals surface area (Å²) in [4.78, 5) is 0. The summed E-state index contributed by atoms with van der Waals surface area (Å²) in [5.41, 5.74) is 4.27. The molecule has 2 N–H and O–H groups in total. The number of benzene rings is 1. The molecule has 0 aliphatic carbocycles. The molecule has 3 nitrogen and oxygen atoms in total. The van der Waals surface area contributed by atoms with Gasteiger partial charge >= 0.3 is 59.7 Å². The van der Waals surface area contributed by atoms with Crippen LogP contribution in [0.4, 0.5) is 97.9 Å². The van der Waals surface area contributed by atoms with Gasteiger partial charge in [0, 0.05) is 11.8 Å². The topological polar surface area (TPSA) is 44.5 Å².